The molecule has 2 aromatic carbocycles. The van der Waals surface area contributed by atoms with Crippen LogP contribution < -0.4 is 14.2 Å². The molecule has 8 nitrogen and oxygen atoms in total. The lowest BCUT2D eigenvalue weighted by atomic mass is 10.0. The minimum absolute atomic E-state index is 0.0222. The van der Waals surface area contributed by atoms with E-state index >= 15 is 0 Å². The van der Waals surface area contributed by atoms with E-state index < -0.39 is 17.9 Å². The van der Waals surface area contributed by atoms with E-state index in [0.29, 0.717) is 34.0 Å². The highest BCUT2D eigenvalue weighted by Crippen LogP contribution is 2.33. The van der Waals surface area contributed by atoms with Crippen LogP contribution in [0, 0.1) is 0 Å². The van der Waals surface area contributed by atoms with E-state index in [-0.39, 0.29) is 26.4 Å². The monoisotopic (exact) mass is 494 g/mol. The fourth-order valence-electron chi connectivity index (χ4n) is 2.65. The maximum Gasteiger partial charge on any atom is 0.338 e. The summed E-state index contributed by atoms with van der Waals surface area (Å²) in [6.07, 6.45) is 0. The summed E-state index contributed by atoms with van der Waals surface area (Å²) >= 11 is 0. The Hall–Kier alpha value is -4.33. The van der Waals surface area contributed by atoms with Crippen molar-refractivity contribution in [2.75, 3.05) is 26.4 Å². The molecule has 0 bridgehead atoms. The van der Waals surface area contributed by atoms with Gasteiger partial charge in [0.25, 0.3) is 0 Å². The predicted octanol–water partition coefficient (Wildman–Crippen LogP) is 4.83. The molecule has 0 aliphatic rings. The number of hydrogen-bond acceptors (Lipinski definition) is 8. The quantitative estimate of drug-likeness (QED) is 0.169. The summed E-state index contributed by atoms with van der Waals surface area (Å²) in [6.45, 7) is 15.6. The van der Waals surface area contributed by atoms with E-state index in [9.17, 15) is 14.4 Å². The van der Waals surface area contributed by atoms with Crippen molar-refractivity contribution in [2.24, 2.45) is 0 Å². The largest absolute Gasteiger partial charge is 0.486 e. The fourth-order valence-corrected chi connectivity index (χ4v) is 2.65. The number of esters is 3. The Labute approximate surface area is 210 Å². The summed E-state index contributed by atoms with van der Waals surface area (Å²) in [6, 6.07) is 12.3. The van der Waals surface area contributed by atoms with Gasteiger partial charge in [-0.05, 0) is 56.2 Å². The smallest absolute Gasteiger partial charge is 0.338 e. The van der Waals surface area contributed by atoms with Crippen molar-refractivity contribution in [3.63, 3.8) is 0 Å². The number of carbonyl (C=O) groups excluding carboxylic acids is 3. The van der Waals surface area contributed by atoms with E-state index in [1.165, 1.54) is 0 Å². The first-order valence-corrected chi connectivity index (χ1v) is 11.1. The van der Waals surface area contributed by atoms with Gasteiger partial charge in [0.05, 0.1) is 0 Å². The summed E-state index contributed by atoms with van der Waals surface area (Å²) in [7, 11) is 0. The Morgan fingerprint density at radius 1 is 0.611 bits per heavy atom. The summed E-state index contributed by atoms with van der Waals surface area (Å²) in [5, 5.41) is 0. The zero-order valence-corrected chi connectivity index (χ0v) is 20.8. The maximum atomic E-state index is 11.7. The van der Waals surface area contributed by atoms with Crippen LogP contribution >= 0.6 is 0 Å². The predicted molar refractivity (Wildman–Crippen MR) is 135 cm³/mol. The van der Waals surface area contributed by atoms with Gasteiger partial charge in [-0.2, -0.15) is 0 Å². The van der Waals surface area contributed by atoms with Crippen LogP contribution in [0.15, 0.2) is 78.9 Å². The highest BCUT2D eigenvalue weighted by Gasteiger charge is 2.12. The van der Waals surface area contributed by atoms with Gasteiger partial charge < -0.3 is 23.7 Å². The lowest BCUT2D eigenvalue weighted by molar-refractivity contribution is -0.140. The Morgan fingerprint density at radius 3 is 1.58 bits per heavy atom. The first-order valence-electron chi connectivity index (χ1n) is 11.1. The Balaban J connectivity index is 2.14. The van der Waals surface area contributed by atoms with E-state index in [0.717, 1.165) is 11.1 Å². The molecule has 0 spiro atoms. The van der Waals surface area contributed by atoms with Gasteiger partial charge in [0.15, 0.2) is 11.5 Å². The molecule has 8 heteroatoms. The Bertz CT molecular complexity index is 1140. The SMILES string of the molecule is C=C(C)C(=O)OCCOc1ccc(-c2ccc(OC(=O)C(=C)C)cc2)cc1OCCOC(=O)C(=C)C. The van der Waals surface area contributed by atoms with Gasteiger partial charge in [-0.25, -0.2) is 14.4 Å². The molecule has 0 amide bonds. The third-order valence-corrected chi connectivity index (χ3v) is 4.54. The van der Waals surface area contributed by atoms with Crippen LogP contribution in [-0.2, 0) is 23.9 Å². The van der Waals surface area contributed by atoms with Gasteiger partial charge in [0.2, 0.25) is 0 Å². The molecule has 0 aliphatic heterocycles. The van der Waals surface area contributed by atoms with Gasteiger partial charge >= 0.3 is 17.9 Å². The molecule has 0 heterocycles. The lowest BCUT2D eigenvalue weighted by Gasteiger charge is -2.15. The normalized spacial score (nSPS) is 10.1. The molecule has 0 aliphatic carbocycles. The van der Waals surface area contributed by atoms with Crippen molar-refractivity contribution in [1.29, 1.82) is 0 Å². The second-order valence-electron chi connectivity index (χ2n) is 7.89. The van der Waals surface area contributed by atoms with E-state index in [2.05, 4.69) is 19.7 Å². The molecular formula is C28H30O8. The van der Waals surface area contributed by atoms with Crippen molar-refractivity contribution in [1.82, 2.24) is 0 Å². The molecule has 0 N–H and O–H groups in total. The highest BCUT2D eigenvalue weighted by atomic mass is 16.6. The molecule has 0 unspecified atom stereocenters. The zero-order chi connectivity index (χ0) is 26.7. The minimum atomic E-state index is -0.504. The van der Waals surface area contributed by atoms with E-state index in [1.807, 2.05) is 6.07 Å². The Morgan fingerprint density at radius 2 is 1.08 bits per heavy atom. The van der Waals surface area contributed by atoms with Crippen molar-refractivity contribution in [3.8, 4) is 28.4 Å². The number of rotatable bonds is 13. The lowest BCUT2D eigenvalue weighted by Crippen LogP contribution is -2.14. The molecular weight excluding hydrogens is 464 g/mol. The molecule has 2 aromatic rings. The standard InChI is InChI=1S/C28H30O8/c1-18(2)26(29)34-15-13-32-24-12-9-22(17-25(24)33-14-16-35-27(30)19(3)4)21-7-10-23(11-8-21)36-28(31)20(5)6/h7-12,17H,1,3,5,13-16H2,2,4,6H3. The first kappa shape index (κ1) is 27.9. The van der Waals surface area contributed by atoms with Crippen LogP contribution in [0.5, 0.6) is 17.2 Å². The molecule has 0 aromatic heterocycles. The number of hydrogen-bond donors (Lipinski definition) is 0. The summed E-state index contributed by atoms with van der Waals surface area (Å²) < 4.78 is 26.9. The topological polar surface area (TPSA) is 97.4 Å². The molecule has 0 saturated carbocycles. The van der Waals surface area contributed by atoms with Crippen LogP contribution in [0.2, 0.25) is 0 Å². The van der Waals surface area contributed by atoms with Gasteiger partial charge in [-0.1, -0.05) is 37.9 Å². The average molecular weight is 495 g/mol. The molecule has 190 valence electrons. The average Bonchev–Trinajstić information content (AvgIpc) is 2.84. The van der Waals surface area contributed by atoms with Crippen LogP contribution in [0.1, 0.15) is 20.8 Å². The summed E-state index contributed by atoms with van der Waals surface area (Å²) in [5.41, 5.74) is 2.55. The molecule has 2 rings (SSSR count). The van der Waals surface area contributed by atoms with E-state index in [4.69, 9.17) is 23.7 Å². The van der Waals surface area contributed by atoms with Crippen molar-refractivity contribution in [3.05, 3.63) is 78.9 Å². The number of ether oxygens (including phenoxy) is 5. The van der Waals surface area contributed by atoms with E-state index in [1.54, 1.807) is 57.2 Å². The minimum Gasteiger partial charge on any atom is -0.486 e. The molecule has 0 saturated heterocycles. The number of carbonyl (C=O) groups is 3. The Kier molecular flexibility index (Phi) is 10.5. The summed E-state index contributed by atoms with van der Waals surface area (Å²) in [4.78, 5) is 34.8. The van der Waals surface area contributed by atoms with Crippen molar-refractivity contribution < 1.29 is 38.1 Å². The fraction of sp³-hybridized carbons (Fsp3) is 0.250. The van der Waals surface area contributed by atoms with Crippen LogP contribution in [0.3, 0.4) is 0 Å². The van der Waals surface area contributed by atoms with Crippen molar-refractivity contribution >= 4 is 17.9 Å². The van der Waals surface area contributed by atoms with Crippen LogP contribution in [0.25, 0.3) is 11.1 Å². The van der Waals surface area contributed by atoms with Crippen molar-refractivity contribution in [2.45, 2.75) is 20.8 Å². The second-order valence-corrected chi connectivity index (χ2v) is 7.89. The number of benzene rings is 2. The highest BCUT2D eigenvalue weighted by molar-refractivity contribution is 5.89. The third-order valence-electron chi connectivity index (χ3n) is 4.54. The zero-order valence-electron chi connectivity index (χ0n) is 20.8. The molecule has 0 fully saturated rings. The third kappa shape index (κ3) is 8.79. The maximum absolute atomic E-state index is 11.7. The molecule has 0 atom stereocenters. The molecule has 36 heavy (non-hydrogen) atoms. The second kappa shape index (κ2) is 13.5. The molecule has 0 radical (unpaired) electrons. The summed E-state index contributed by atoms with van der Waals surface area (Å²) in [5.74, 6) is -0.281. The first-order chi connectivity index (χ1) is 17.1. The van der Waals surface area contributed by atoms with Gasteiger partial charge in [-0.3, -0.25) is 0 Å². The van der Waals surface area contributed by atoms with Crippen LogP contribution in [-0.4, -0.2) is 44.3 Å². The van der Waals surface area contributed by atoms with Gasteiger partial charge in [-0.15, -0.1) is 0 Å². The van der Waals surface area contributed by atoms with Crippen LogP contribution in [0.4, 0.5) is 0 Å². The van der Waals surface area contributed by atoms with Gasteiger partial charge in [0.1, 0.15) is 32.2 Å². The van der Waals surface area contributed by atoms with Gasteiger partial charge in [0, 0.05) is 16.7 Å².